The van der Waals surface area contributed by atoms with E-state index in [0.717, 1.165) is 30.4 Å². The lowest BCUT2D eigenvalue weighted by atomic mass is 10.1. The summed E-state index contributed by atoms with van der Waals surface area (Å²) in [6, 6.07) is 10.3. The highest BCUT2D eigenvalue weighted by Crippen LogP contribution is 2.31. The number of hydrogen-bond acceptors (Lipinski definition) is 5. The predicted octanol–water partition coefficient (Wildman–Crippen LogP) is 3.84. The van der Waals surface area contributed by atoms with Gasteiger partial charge in [0, 0.05) is 30.4 Å². The van der Waals surface area contributed by atoms with Gasteiger partial charge < -0.3 is 14.8 Å². The number of carbonyl (C=O) groups excluding carboxylic acids is 1. The number of aryl methyl sites for hydroxylation is 1. The first-order valence-electron chi connectivity index (χ1n) is 10.2. The van der Waals surface area contributed by atoms with Crippen LogP contribution in [0.5, 0.6) is 11.5 Å². The van der Waals surface area contributed by atoms with Crippen LogP contribution in [0.3, 0.4) is 0 Å². The molecule has 1 aliphatic rings. The van der Waals surface area contributed by atoms with Crippen LogP contribution >= 0.6 is 0 Å². The van der Waals surface area contributed by atoms with Crippen LogP contribution in [-0.4, -0.2) is 45.9 Å². The zero-order valence-electron chi connectivity index (χ0n) is 18.1. The highest BCUT2D eigenvalue weighted by molar-refractivity contribution is 7.89. The number of amides is 1. The van der Waals surface area contributed by atoms with Gasteiger partial charge in [0.25, 0.3) is 0 Å². The highest BCUT2D eigenvalue weighted by Gasteiger charge is 2.29. The molecule has 31 heavy (non-hydrogen) atoms. The lowest BCUT2D eigenvalue weighted by Crippen LogP contribution is -2.35. The summed E-state index contributed by atoms with van der Waals surface area (Å²) < 4.78 is 38.3. The molecule has 0 bridgehead atoms. The first-order chi connectivity index (χ1) is 14.8. The molecule has 0 atom stereocenters. The molecule has 0 aliphatic carbocycles. The third-order valence-electron chi connectivity index (χ3n) is 5.16. The first-order valence-corrected chi connectivity index (χ1v) is 11.6. The van der Waals surface area contributed by atoms with E-state index in [1.165, 1.54) is 23.6 Å². The van der Waals surface area contributed by atoms with Crippen molar-refractivity contribution in [3.05, 3.63) is 53.6 Å². The molecule has 1 N–H and O–H groups in total. The third-order valence-corrected chi connectivity index (χ3v) is 7.08. The zero-order valence-corrected chi connectivity index (χ0v) is 18.9. The van der Waals surface area contributed by atoms with Crippen LogP contribution < -0.4 is 14.8 Å². The molecular formula is C23H28N2O5S. The molecule has 2 aromatic rings. The van der Waals surface area contributed by atoms with Crippen LogP contribution in [-0.2, 0) is 14.8 Å². The monoisotopic (exact) mass is 444 g/mol. The number of nitrogens with one attached hydrogen (secondary N) is 1. The molecule has 0 radical (unpaired) electrons. The van der Waals surface area contributed by atoms with Crippen LogP contribution in [0.4, 0.5) is 5.69 Å². The minimum atomic E-state index is -3.71. The second-order valence-electron chi connectivity index (χ2n) is 7.40. The molecule has 166 valence electrons. The Morgan fingerprint density at radius 3 is 2.35 bits per heavy atom. The molecule has 0 unspecified atom stereocenters. The summed E-state index contributed by atoms with van der Waals surface area (Å²) in [4.78, 5) is 12.5. The maximum atomic E-state index is 13.1. The van der Waals surface area contributed by atoms with E-state index < -0.39 is 10.0 Å². The average molecular weight is 445 g/mol. The van der Waals surface area contributed by atoms with E-state index in [2.05, 4.69) is 5.32 Å². The number of benzene rings is 2. The van der Waals surface area contributed by atoms with Gasteiger partial charge in [0.1, 0.15) is 16.4 Å². The van der Waals surface area contributed by atoms with Crippen LogP contribution in [0.2, 0.25) is 0 Å². The van der Waals surface area contributed by atoms with Gasteiger partial charge in [-0.15, -0.1) is 0 Å². The molecule has 7 nitrogen and oxygen atoms in total. The van der Waals surface area contributed by atoms with Gasteiger partial charge in [-0.05, 0) is 56.2 Å². The summed E-state index contributed by atoms with van der Waals surface area (Å²) in [5.74, 6) is 0.535. The molecular weight excluding hydrogens is 416 g/mol. The Morgan fingerprint density at radius 2 is 1.68 bits per heavy atom. The van der Waals surface area contributed by atoms with E-state index >= 15 is 0 Å². The summed E-state index contributed by atoms with van der Waals surface area (Å²) in [5, 5.41) is 2.73. The van der Waals surface area contributed by atoms with E-state index in [9.17, 15) is 13.2 Å². The SMILES string of the molecule is COc1ccc(C)cc1/C=C/C(=O)Nc1ccc(OC)c(S(=O)(=O)N2CCCCC2)c1. The third kappa shape index (κ3) is 5.45. The van der Waals surface area contributed by atoms with Crippen molar-refractivity contribution < 1.29 is 22.7 Å². The average Bonchev–Trinajstić information content (AvgIpc) is 2.78. The molecule has 1 heterocycles. The number of anilines is 1. The van der Waals surface area contributed by atoms with E-state index in [-0.39, 0.29) is 16.6 Å². The molecule has 1 saturated heterocycles. The smallest absolute Gasteiger partial charge is 0.248 e. The molecule has 8 heteroatoms. The van der Waals surface area contributed by atoms with Gasteiger partial charge in [-0.1, -0.05) is 18.1 Å². The fraction of sp³-hybridized carbons (Fsp3) is 0.348. The number of hydrogen-bond donors (Lipinski definition) is 1. The molecule has 1 amide bonds. The van der Waals surface area contributed by atoms with Crippen molar-refractivity contribution in [3.63, 3.8) is 0 Å². The molecule has 0 spiro atoms. The number of ether oxygens (including phenoxy) is 2. The molecule has 0 aromatic heterocycles. The van der Waals surface area contributed by atoms with Gasteiger partial charge in [-0.2, -0.15) is 4.31 Å². The van der Waals surface area contributed by atoms with Gasteiger partial charge >= 0.3 is 0 Å². The molecule has 3 rings (SSSR count). The second kappa shape index (κ2) is 9.98. The Hall–Kier alpha value is -2.84. The molecule has 2 aromatic carbocycles. The van der Waals surface area contributed by atoms with Gasteiger partial charge in [0.2, 0.25) is 15.9 Å². The number of carbonyl (C=O) groups is 1. The van der Waals surface area contributed by atoms with Crippen LogP contribution in [0.1, 0.15) is 30.4 Å². The van der Waals surface area contributed by atoms with Crippen LogP contribution in [0.25, 0.3) is 6.08 Å². The molecule has 1 aliphatic heterocycles. The summed E-state index contributed by atoms with van der Waals surface area (Å²) in [5.41, 5.74) is 2.20. The Morgan fingerprint density at radius 1 is 1.00 bits per heavy atom. The maximum absolute atomic E-state index is 13.1. The fourth-order valence-corrected chi connectivity index (χ4v) is 5.23. The van der Waals surface area contributed by atoms with Crippen molar-refractivity contribution in [1.82, 2.24) is 4.31 Å². The molecule has 1 fully saturated rings. The van der Waals surface area contributed by atoms with E-state index in [4.69, 9.17) is 9.47 Å². The summed E-state index contributed by atoms with van der Waals surface area (Å²) in [7, 11) is -0.705. The number of sulfonamides is 1. The van der Waals surface area contributed by atoms with Gasteiger partial charge in [0.15, 0.2) is 0 Å². The first kappa shape index (κ1) is 22.8. The van der Waals surface area contributed by atoms with Crippen molar-refractivity contribution >= 4 is 27.7 Å². The summed E-state index contributed by atoms with van der Waals surface area (Å²) in [6.45, 7) is 2.94. The number of piperidine rings is 1. The topological polar surface area (TPSA) is 84.9 Å². The quantitative estimate of drug-likeness (QED) is 0.656. The Balaban J connectivity index is 1.81. The minimum absolute atomic E-state index is 0.0547. The summed E-state index contributed by atoms with van der Waals surface area (Å²) >= 11 is 0. The van der Waals surface area contributed by atoms with Crippen molar-refractivity contribution in [2.24, 2.45) is 0 Å². The zero-order chi connectivity index (χ0) is 22.4. The van der Waals surface area contributed by atoms with Gasteiger partial charge in [0.05, 0.1) is 14.2 Å². The fourth-order valence-electron chi connectivity index (χ4n) is 3.53. The van der Waals surface area contributed by atoms with Crippen molar-refractivity contribution in [2.75, 3.05) is 32.6 Å². The predicted molar refractivity (Wildman–Crippen MR) is 121 cm³/mol. The lowest BCUT2D eigenvalue weighted by molar-refractivity contribution is -0.111. The van der Waals surface area contributed by atoms with E-state index in [0.29, 0.717) is 24.5 Å². The lowest BCUT2D eigenvalue weighted by Gasteiger charge is -2.26. The largest absolute Gasteiger partial charge is 0.496 e. The van der Waals surface area contributed by atoms with Gasteiger partial charge in [-0.3, -0.25) is 4.79 Å². The van der Waals surface area contributed by atoms with Gasteiger partial charge in [-0.25, -0.2) is 8.42 Å². The highest BCUT2D eigenvalue weighted by atomic mass is 32.2. The van der Waals surface area contributed by atoms with Crippen molar-refractivity contribution in [3.8, 4) is 11.5 Å². The Kier molecular flexibility index (Phi) is 7.35. The van der Waals surface area contributed by atoms with Crippen molar-refractivity contribution in [2.45, 2.75) is 31.1 Å². The normalized spacial score (nSPS) is 15.1. The van der Waals surface area contributed by atoms with Crippen LogP contribution in [0, 0.1) is 6.92 Å². The Labute approximate surface area is 183 Å². The van der Waals surface area contributed by atoms with Crippen molar-refractivity contribution in [1.29, 1.82) is 0 Å². The second-order valence-corrected chi connectivity index (χ2v) is 9.30. The number of methoxy groups -OCH3 is 2. The van der Waals surface area contributed by atoms with E-state index in [1.807, 2.05) is 25.1 Å². The maximum Gasteiger partial charge on any atom is 0.248 e. The number of rotatable bonds is 7. The van der Waals surface area contributed by atoms with E-state index in [1.54, 1.807) is 25.3 Å². The Bertz CT molecular complexity index is 1070. The standard InChI is InChI=1S/C23H28N2O5S/c1-17-7-10-20(29-2)18(15-17)8-12-23(26)24-19-9-11-21(30-3)22(16-19)31(27,28)25-13-5-4-6-14-25/h7-12,15-16H,4-6,13-14H2,1-3H3,(H,24,26)/b12-8+. The number of nitrogens with zero attached hydrogens (tertiary/aromatic N) is 1. The minimum Gasteiger partial charge on any atom is -0.496 e. The van der Waals surface area contributed by atoms with Crippen LogP contribution in [0.15, 0.2) is 47.4 Å². The molecule has 0 saturated carbocycles. The summed E-state index contributed by atoms with van der Waals surface area (Å²) in [6.07, 6.45) is 5.75.